The van der Waals surface area contributed by atoms with Gasteiger partial charge >= 0.3 is 0 Å². The van der Waals surface area contributed by atoms with Gasteiger partial charge in [-0.1, -0.05) is 29.3 Å². The molecule has 0 amide bonds. The number of carbonyl (C=O) groups is 1. The molecule has 0 N–H and O–H groups in total. The number of nitriles is 1. The second-order valence-electron chi connectivity index (χ2n) is 2.63. The van der Waals surface area contributed by atoms with E-state index in [0.29, 0.717) is 15.6 Å². The molecule has 0 spiro atoms. The summed E-state index contributed by atoms with van der Waals surface area (Å²) in [4.78, 5) is 10.4. The molecule has 1 aromatic rings. The van der Waals surface area contributed by atoms with Crippen LogP contribution in [0.1, 0.15) is 5.56 Å². The minimum absolute atomic E-state index is 0.293. The van der Waals surface area contributed by atoms with E-state index >= 15 is 0 Å². The lowest BCUT2D eigenvalue weighted by molar-refractivity contribution is -0.298. The van der Waals surface area contributed by atoms with E-state index in [4.69, 9.17) is 28.5 Å². The zero-order chi connectivity index (χ0) is 11.4. The van der Waals surface area contributed by atoms with E-state index < -0.39 is 11.5 Å². The van der Waals surface area contributed by atoms with Crippen LogP contribution in [-0.2, 0) is 4.79 Å². The topological polar surface area (TPSA) is 63.9 Å². The van der Waals surface area contributed by atoms with Gasteiger partial charge in [-0.05, 0) is 23.8 Å². The summed E-state index contributed by atoms with van der Waals surface area (Å²) in [5, 5.41) is 19.6. The fourth-order valence-electron chi connectivity index (χ4n) is 0.906. The van der Waals surface area contributed by atoms with Crippen LogP contribution in [0.2, 0.25) is 10.0 Å². The van der Waals surface area contributed by atoms with Crippen molar-refractivity contribution in [1.82, 2.24) is 0 Å². The van der Waals surface area contributed by atoms with Crippen molar-refractivity contribution in [2.24, 2.45) is 0 Å². The lowest BCUT2D eigenvalue weighted by Gasteiger charge is -2.00. The van der Waals surface area contributed by atoms with Gasteiger partial charge in [-0.25, -0.2) is 0 Å². The van der Waals surface area contributed by atoms with Gasteiger partial charge in [0.1, 0.15) is 6.07 Å². The van der Waals surface area contributed by atoms with Gasteiger partial charge in [0.2, 0.25) is 0 Å². The molecule has 0 atom stereocenters. The molecule has 5 heteroatoms. The van der Waals surface area contributed by atoms with Gasteiger partial charge < -0.3 is 9.90 Å². The van der Waals surface area contributed by atoms with Crippen LogP contribution in [0.5, 0.6) is 0 Å². The summed E-state index contributed by atoms with van der Waals surface area (Å²) in [7, 11) is 0. The van der Waals surface area contributed by atoms with Crippen molar-refractivity contribution in [1.29, 1.82) is 5.26 Å². The average molecular weight is 241 g/mol. The highest BCUT2D eigenvalue weighted by Crippen LogP contribution is 2.23. The summed E-state index contributed by atoms with van der Waals surface area (Å²) in [6.45, 7) is 0. The Bertz CT molecular complexity index is 475. The molecule has 0 aromatic heterocycles. The van der Waals surface area contributed by atoms with Crippen LogP contribution in [0.3, 0.4) is 0 Å². The molecule has 0 unspecified atom stereocenters. The van der Waals surface area contributed by atoms with Crippen LogP contribution in [0, 0.1) is 11.3 Å². The van der Waals surface area contributed by atoms with Gasteiger partial charge in [0.15, 0.2) is 0 Å². The maximum absolute atomic E-state index is 10.4. The van der Waals surface area contributed by atoms with Crippen molar-refractivity contribution in [2.45, 2.75) is 0 Å². The van der Waals surface area contributed by atoms with Gasteiger partial charge in [0, 0.05) is 0 Å². The fraction of sp³-hybridized carbons (Fsp3) is 0. The molecule has 0 radical (unpaired) electrons. The van der Waals surface area contributed by atoms with Crippen LogP contribution in [0.4, 0.5) is 0 Å². The molecule has 0 fully saturated rings. The maximum Gasteiger partial charge on any atom is 0.101 e. The van der Waals surface area contributed by atoms with Crippen LogP contribution in [0.15, 0.2) is 23.8 Å². The Kier molecular flexibility index (Phi) is 3.73. The molecule has 0 saturated heterocycles. The molecule has 1 aromatic carbocycles. The predicted octanol–water partition coefficient (Wildman–Crippen LogP) is 1.65. The molecule has 0 bridgehead atoms. The average Bonchev–Trinajstić information content (AvgIpc) is 2.19. The third-order valence-electron chi connectivity index (χ3n) is 1.60. The normalized spacial score (nSPS) is 10.9. The molecule has 76 valence electrons. The quantitative estimate of drug-likeness (QED) is 0.584. The first kappa shape index (κ1) is 11.6. The largest absolute Gasteiger partial charge is 0.544 e. The van der Waals surface area contributed by atoms with Crippen molar-refractivity contribution in [3.8, 4) is 6.07 Å². The third kappa shape index (κ3) is 2.98. The number of carbonyl (C=O) groups excluding carboxylic acids is 1. The molecular weight excluding hydrogens is 237 g/mol. The summed E-state index contributed by atoms with van der Waals surface area (Å²) in [6.07, 6.45) is 1.16. The molecule has 0 saturated carbocycles. The van der Waals surface area contributed by atoms with E-state index in [9.17, 15) is 9.90 Å². The number of benzene rings is 1. The third-order valence-corrected chi connectivity index (χ3v) is 2.33. The van der Waals surface area contributed by atoms with E-state index in [-0.39, 0.29) is 0 Å². The zero-order valence-corrected chi connectivity index (χ0v) is 8.84. The van der Waals surface area contributed by atoms with E-state index in [1.165, 1.54) is 18.2 Å². The number of carboxylic acids is 1. The highest BCUT2D eigenvalue weighted by Gasteiger charge is 2.00. The Hall–Kier alpha value is -1.50. The van der Waals surface area contributed by atoms with Gasteiger partial charge in [-0.2, -0.15) is 5.26 Å². The molecule has 0 aliphatic carbocycles. The predicted molar refractivity (Wildman–Crippen MR) is 55.1 cm³/mol. The summed E-state index contributed by atoms with van der Waals surface area (Å²) >= 11 is 11.4. The minimum atomic E-state index is -1.52. The van der Waals surface area contributed by atoms with Crippen molar-refractivity contribution in [3.05, 3.63) is 39.4 Å². The zero-order valence-electron chi connectivity index (χ0n) is 7.33. The van der Waals surface area contributed by atoms with Crippen LogP contribution in [-0.4, -0.2) is 5.97 Å². The Labute approximate surface area is 96.2 Å². The number of hydrogen-bond acceptors (Lipinski definition) is 3. The number of hydrogen-bond donors (Lipinski definition) is 0. The Morgan fingerprint density at radius 2 is 2.07 bits per heavy atom. The molecule has 0 aliphatic heterocycles. The van der Waals surface area contributed by atoms with Crippen LogP contribution >= 0.6 is 23.2 Å². The second kappa shape index (κ2) is 4.83. The van der Waals surface area contributed by atoms with Crippen LogP contribution < -0.4 is 5.11 Å². The lowest BCUT2D eigenvalue weighted by Crippen LogP contribution is -2.23. The van der Waals surface area contributed by atoms with E-state index in [2.05, 4.69) is 0 Å². The van der Waals surface area contributed by atoms with Gasteiger partial charge in [-0.3, -0.25) is 0 Å². The Balaban J connectivity index is 3.14. The molecule has 0 aliphatic rings. The number of aliphatic carboxylic acids is 1. The second-order valence-corrected chi connectivity index (χ2v) is 3.45. The van der Waals surface area contributed by atoms with Gasteiger partial charge in [0.25, 0.3) is 0 Å². The molecule has 3 nitrogen and oxygen atoms in total. The summed E-state index contributed by atoms with van der Waals surface area (Å²) < 4.78 is 0. The molecular formula is C10H4Cl2NO2-. The lowest BCUT2D eigenvalue weighted by atomic mass is 10.1. The first-order chi connectivity index (χ1) is 7.04. The summed E-state index contributed by atoms with van der Waals surface area (Å²) in [6, 6.07) is 6.03. The molecule has 1 rings (SSSR count). The number of carboxylic acid groups (broad SMARTS) is 1. The molecule has 15 heavy (non-hydrogen) atoms. The monoisotopic (exact) mass is 240 g/mol. The molecule has 0 heterocycles. The van der Waals surface area contributed by atoms with E-state index in [1.807, 2.05) is 0 Å². The maximum atomic E-state index is 10.4. The fourth-order valence-corrected chi connectivity index (χ4v) is 1.21. The van der Waals surface area contributed by atoms with Crippen molar-refractivity contribution >= 4 is 35.2 Å². The van der Waals surface area contributed by atoms with Gasteiger partial charge in [-0.15, -0.1) is 0 Å². The Morgan fingerprint density at radius 3 is 2.53 bits per heavy atom. The summed E-state index contributed by atoms with van der Waals surface area (Å²) in [5.74, 6) is -1.52. The number of nitrogens with zero attached hydrogens (tertiary/aromatic N) is 1. The van der Waals surface area contributed by atoms with Crippen LogP contribution in [0.25, 0.3) is 6.08 Å². The van der Waals surface area contributed by atoms with E-state index in [0.717, 1.165) is 6.08 Å². The van der Waals surface area contributed by atoms with Crippen molar-refractivity contribution in [3.63, 3.8) is 0 Å². The Morgan fingerprint density at radius 1 is 1.40 bits per heavy atom. The van der Waals surface area contributed by atoms with Crippen molar-refractivity contribution in [2.75, 3.05) is 0 Å². The first-order valence-corrected chi connectivity index (χ1v) is 4.58. The first-order valence-electron chi connectivity index (χ1n) is 3.83. The van der Waals surface area contributed by atoms with Gasteiger partial charge in [0.05, 0.1) is 21.6 Å². The standard InChI is InChI=1S/C10H5Cl2NO2/c11-8-2-1-6(4-9(8)12)3-7(5-13)10(14)15/h1-4H,(H,14,15)/p-1/b7-3+. The minimum Gasteiger partial charge on any atom is -0.544 e. The SMILES string of the molecule is N#C/C(=C\c1ccc(Cl)c(Cl)c1)C(=O)[O-]. The highest BCUT2D eigenvalue weighted by atomic mass is 35.5. The smallest absolute Gasteiger partial charge is 0.101 e. The van der Waals surface area contributed by atoms with E-state index in [1.54, 1.807) is 6.07 Å². The highest BCUT2D eigenvalue weighted by molar-refractivity contribution is 6.42. The summed E-state index contributed by atoms with van der Waals surface area (Å²) in [5.41, 5.74) is 0.0125. The number of halogens is 2. The number of rotatable bonds is 2. The van der Waals surface area contributed by atoms with Crippen molar-refractivity contribution < 1.29 is 9.90 Å².